The summed E-state index contributed by atoms with van der Waals surface area (Å²) in [6.07, 6.45) is 19.8. The van der Waals surface area contributed by atoms with Crippen molar-refractivity contribution in [1.29, 1.82) is 0 Å². The van der Waals surface area contributed by atoms with Gasteiger partial charge in [-0.3, -0.25) is 4.79 Å². The van der Waals surface area contributed by atoms with E-state index in [2.05, 4.69) is 45.7 Å². The van der Waals surface area contributed by atoms with Crippen molar-refractivity contribution in [2.24, 2.45) is 28.6 Å². The van der Waals surface area contributed by atoms with Gasteiger partial charge in [0, 0.05) is 17.5 Å². The Balaban J connectivity index is 1.30. The van der Waals surface area contributed by atoms with Crippen LogP contribution in [0.5, 0.6) is 0 Å². The second-order valence-electron chi connectivity index (χ2n) is 16.3. The third-order valence-electron chi connectivity index (χ3n) is 11.9. The average Bonchev–Trinajstić information content (AvgIpc) is 3.50. The van der Waals surface area contributed by atoms with Gasteiger partial charge in [-0.25, -0.2) is 4.98 Å². The quantitative estimate of drug-likeness (QED) is 0.237. The van der Waals surface area contributed by atoms with Crippen LogP contribution in [-0.4, -0.2) is 39.5 Å². The number of aromatic nitrogens is 1. The van der Waals surface area contributed by atoms with Crippen molar-refractivity contribution in [2.45, 2.75) is 155 Å². The van der Waals surface area contributed by atoms with E-state index < -0.39 is 17.6 Å². The minimum atomic E-state index is -0.647. The molecule has 4 saturated carbocycles. The van der Waals surface area contributed by atoms with Crippen molar-refractivity contribution >= 4 is 17.3 Å². The molecule has 0 aromatic carbocycles. The number of ether oxygens (including phenoxy) is 1. The number of hydrogen-bond donors (Lipinski definition) is 2. The number of unbranched alkanes of at least 4 members (excludes halogenated alkanes) is 1. The molecule has 4 aliphatic carbocycles. The Morgan fingerprint density at radius 3 is 2.64 bits per heavy atom. The molecule has 4 aliphatic rings. The average molecular weight is 638 g/mol. The molecule has 0 radical (unpaired) electrons. The Morgan fingerprint density at radius 2 is 1.96 bits per heavy atom. The van der Waals surface area contributed by atoms with Crippen LogP contribution >= 0.6 is 11.3 Å². The molecule has 4 fully saturated rings. The first-order valence-electron chi connectivity index (χ1n) is 17.9. The van der Waals surface area contributed by atoms with Crippen LogP contribution in [0.25, 0.3) is 0 Å². The van der Waals surface area contributed by atoms with Crippen LogP contribution in [0.15, 0.2) is 41.6 Å². The van der Waals surface area contributed by atoms with Gasteiger partial charge in [0.2, 0.25) is 0 Å². The van der Waals surface area contributed by atoms with Gasteiger partial charge in [0.15, 0.2) is 0 Å². The minimum Gasteiger partial charge on any atom is -0.461 e. The summed E-state index contributed by atoms with van der Waals surface area (Å²) >= 11 is 1.85. The maximum absolute atomic E-state index is 13.3. The molecule has 5 nitrogen and oxygen atoms in total. The first-order chi connectivity index (χ1) is 21.3. The number of hydrogen-bond acceptors (Lipinski definition) is 6. The summed E-state index contributed by atoms with van der Waals surface area (Å²) in [4.78, 5) is 19.5. The van der Waals surface area contributed by atoms with Gasteiger partial charge in [0.25, 0.3) is 0 Å². The van der Waals surface area contributed by atoms with Gasteiger partial charge in [0.05, 0.1) is 23.0 Å². The van der Waals surface area contributed by atoms with Gasteiger partial charge < -0.3 is 14.9 Å². The molecule has 1 aromatic heterocycles. The highest BCUT2D eigenvalue weighted by atomic mass is 32.1. The lowest BCUT2D eigenvalue weighted by Gasteiger charge is -2.44. The fraction of sp³-hybridized carbons (Fsp3) is 0.744. The molecular weight excluding hydrogens is 578 g/mol. The summed E-state index contributed by atoms with van der Waals surface area (Å²) in [6.45, 7) is 17.2. The Hall–Kier alpha value is -1.76. The van der Waals surface area contributed by atoms with E-state index in [-0.39, 0.29) is 22.9 Å². The SMILES string of the molecule is C=C1/C(=C\C=C2/CCC[C@]3(C)[C@@H]([C@H](C)CC[C@@H](OC(=O)C(C)(C)C)C4(c5ncc(CCCC)s5)CC4)CC[C@@H]23)C[C@@H](O)C[C@@H]1O. The first-order valence-corrected chi connectivity index (χ1v) is 18.7. The topological polar surface area (TPSA) is 79.7 Å². The lowest BCUT2D eigenvalue weighted by molar-refractivity contribution is -0.161. The largest absolute Gasteiger partial charge is 0.461 e. The minimum absolute atomic E-state index is 0.0982. The monoisotopic (exact) mass is 637 g/mol. The molecule has 0 amide bonds. The van der Waals surface area contributed by atoms with Crippen LogP contribution in [0.1, 0.15) is 135 Å². The molecule has 1 aromatic rings. The smallest absolute Gasteiger partial charge is 0.311 e. The summed E-state index contributed by atoms with van der Waals surface area (Å²) in [7, 11) is 0. The van der Waals surface area contributed by atoms with Crippen LogP contribution in [-0.2, 0) is 21.4 Å². The predicted molar refractivity (Wildman–Crippen MR) is 184 cm³/mol. The van der Waals surface area contributed by atoms with E-state index in [9.17, 15) is 15.0 Å². The van der Waals surface area contributed by atoms with Crippen LogP contribution in [0.3, 0.4) is 0 Å². The van der Waals surface area contributed by atoms with Crippen molar-refractivity contribution in [2.75, 3.05) is 0 Å². The standard InChI is InChI=1S/C39H59NO4S/c1-8-9-12-30-24-40-35(45-30)39(20-21-39)34(44-36(43)37(4,5)6)18-13-25(2)31-16-17-32-27(11-10-19-38(31,32)7)14-15-28-22-29(41)23-33(42)26(28)3/h14-15,24-25,29,31-34,41-42H,3,8-13,16-23H2,1-2,4-7H3/b27-14+,28-15-/t25-,29-,31-,32+,33+,34-,38-/m1/s1. The van der Waals surface area contributed by atoms with E-state index in [0.717, 1.165) is 49.7 Å². The first kappa shape index (κ1) is 34.6. The number of rotatable bonds is 11. The summed E-state index contributed by atoms with van der Waals surface area (Å²) in [5, 5.41) is 21.7. The molecule has 0 spiro atoms. The van der Waals surface area contributed by atoms with Crippen LogP contribution < -0.4 is 0 Å². The molecule has 1 heterocycles. The summed E-state index contributed by atoms with van der Waals surface area (Å²) in [5.41, 5.74) is 2.91. The lowest BCUT2D eigenvalue weighted by Crippen LogP contribution is -2.38. The zero-order valence-electron chi connectivity index (χ0n) is 28.9. The number of esters is 1. The molecule has 5 rings (SSSR count). The number of carbonyl (C=O) groups excluding carboxylic acids is 1. The predicted octanol–water partition coefficient (Wildman–Crippen LogP) is 9.03. The fourth-order valence-electron chi connectivity index (χ4n) is 8.86. The van der Waals surface area contributed by atoms with E-state index in [1.165, 1.54) is 54.0 Å². The van der Waals surface area contributed by atoms with E-state index in [1.807, 2.05) is 32.1 Å². The van der Waals surface area contributed by atoms with Crippen molar-refractivity contribution < 1.29 is 19.7 Å². The Bertz CT molecular complexity index is 1280. The van der Waals surface area contributed by atoms with Gasteiger partial charge in [0.1, 0.15) is 11.1 Å². The zero-order valence-corrected chi connectivity index (χ0v) is 29.7. The summed E-state index contributed by atoms with van der Waals surface area (Å²) in [5.74, 6) is 1.66. The summed E-state index contributed by atoms with van der Waals surface area (Å²) in [6, 6.07) is 0. The second-order valence-corrected chi connectivity index (χ2v) is 17.4. The number of aliphatic hydroxyl groups excluding tert-OH is 2. The third kappa shape index (κ3) is 7.38. The number of carbonyl (C=O) groups is 1. The molecular formula is C39H59NO4S. The van der Waals surface area contributed by atoms with Crippen molar-refractivity contribution in [3.63, 3.8) is 0 Å². The fourth-order valence-corrected chi connectivity index (χ4v) is 10.1. The van der Waals surface area contributed by atoms with E-state index >= 15 is 0 Å². The molecule has 0 unspecified atom stereocenters. The van der Waals surface area contributed by atoms with Gasteiger partial charge in [-0.1, -0.05) is 51.5 Å². The zero-order chi connectivity index (χ0) is 32.6. The van der Waals surface area contributed by atoms with Crippen LogP contribution in [0, 0.1) is 28.6 Å². The molecule has 7 atom stereocenters. The van der Waals surface area contributed by atoms with Gasteiger partial charge in [-0.15, -0.1) is 11.3 Å². The number of aliphatic hydroxyl groups is 2. The molecule has 250 valence electrons. The van der Waals surface area contributed by atoms with Gasteiger partial charge in [-0.05, 0) is 132 Å². The maximum Gasteiger partial charge on any atom is 0.311 e. The highest BCUT2D eigenvalue weighted by Gasteiger charge is 2.56. The van der Waals surface area contributed by atoms with Crippen molar-refractivity contribution in [1.82, 2.24) is 4.98 Å². The van der Waals surface area contributed by atoms with Crippen LogP contribution in [0.4, 0.5) is 0 Å². The molecule has 2 N–H and O–H groups in total. The number of allylic oxidation sites excluding steroid dienone is 3. The lowest BCUT2D eigenvalue weighted by atomic mass is 9.60. The highest BCUT2D eigenvalue weighted by Crippen LogP contribution is 2.60. The maximum atomic E-state index is 13.3. The number of fused-ring (bicyclic) bond motifs is 1. The van der Waals surface area contributed by atoms with E-state index in [0.29, 0.717) is 30.6 Å². The second kappa shape index (κ2) is 13.8. The van der Waals surface area contributed by atoms with Crippen molar-refractivity contribution in [3.05, 3.63) is 51.5 Å². The number of thiazole rings is 1. The van der Waals surface area contributed by atoms with Crippen molar-refractivity contribution in [3.8, 4) is 0 Å². The number of aryl methyl sites for hydroxylation is 1. The van der Waals surface area contributed by atoms with Gasteiger partial charge >= 0.3 is 5.97 Å². The van der Waals surface area contributed by atoms with E-state index in [4.69, 9.17) is 9.72 Å². The van der Waals surface area contributed by atoms with E-state index in [1.54, 1.807) is 0 Å². The molecule has 0 aliphatic heterocycles. The summed E-state index contributed by atoms with van der Waals surface area (Å²) < 4.78 is 6.43. The van der Waals surface area contributed by atoms with Gasteiger partial charge in [-0.2, -0.15) is 0 Å². The molecule has 0 saturated heterocycles. The molecule has 6 heteroatoms. The molecule has 45 heavy (non-hydrogen) atoms. The number of nitrogens with zero attached hydrogens (tertiary/aromatic N) is 1. The third-order valence-corrected chi connectivity index (χ3v) is 13.2. The Kier molecular flexibility index (Phi) is 10.6. The normalized spacial score (nSPS) is 32.8. The molecule has 0 bridgehead atoms. The Morgan fingerprint density at radius 1 is 1.20 bits per heavy atom. The Labute approximate surface area is 276 Å². The van der Waals surface area contributed by atoms with Crippen LogP contribution in [0.2, 0.25) is 0 Å². The highest BCUT2D eigenvalue weighted by molar-refractivity contribution is 7.11.